The van der Waals surface area contributed by atoms with Gasteiger partial charge in [-0.3, -0.25) is 4.90 Å². The minimum absolute atomic E-state index is 0.373. The fourth-order valence-electron chi connectivity index (χ4n) is 4.23. The van der Waals surface area contributed by atoms with Gasteiger partial charge in [-0.2, -0.15) is 0 Å². The molecule has 0 bridgehead atoms. The molecule has 1 heterocycles. The lowest BCUT2D eigenvalue weighted by molar-refractivity contribution is 0.131. The molecule has 2 N–H and O–H groups in total. The molecule has 1 aromatic rings. The van der Waals surface area contributed by atoms with Crippen LogP contribution in [-0.2, 0) is 0 Å². The van der Waals surface area contributed by atoms with Crippen LogP contribution < -0.4 is 5.73 Å². The Hall–Kier alpha value is -0.860. The molecule has 1 aliphatic heterocycles. The Kier molecular flexibility index (Phi) is 4.97. The van der Waals surface area contributed by atoms with E-state index in [1.54, 1.807) is 0 Å². The first-order valence-corrected chi connectivity index (χ1v) is 8.78. The summed E-state index contributed by atoms with van der Waals surface area (Å²) in [5.41, 5.74) is 8.01. The van der Waals surface area contributed by atoms with E-state index in [4.69, 9.17) is 5.73 Å². The molecule has 2 nitrogen and oxygen atoms in total. The van der Waals surface area contributed by atoms with Crippen molar-refractivity contribution in [2.45, 2.75) is 63.5 Å². The van der Waals surface area contributed by atoms with Gasteiger partial charge in [-0.15, -0.1) is 0 Å². The first-order valence-electron chi connectivity index (χ1n) is 8.78. The normalized spacial score (nSPS) is 35.3. The maximum Gasteiger partial charge on any atom is 0.0253 e. The summed E-state index contributed by atoms with van der Waals surface area (Å²) in [5.74, 6) is 1.59. The van der Waals surface area contributed by atoms with Crippen molar-refractivity contribution in [1.29, 1.82) is 0 Å². The molecule has 2 heteroatoms. The van der Waals surface area contributed by atoms with Gasteiger partial charge in [0.15, 0.2) is 0 Å². The lowest BCUT2D eigenvalue weighted by Gasteiger charge is -2.41. The lowest BCUT2D eigenvalue weighted by atomic mass is 9.78. The Morgan fingerprint density at radius 2 is 1.81 bits per heavy atom. The second-order valence-corrected chi connectivity index (χ2v) is 7.22. The van der Waals surface area contributed by atoms with Crippen molar-refractivity contribution >= 4 is 0 Å². The third-order valence-corrected chi connectivity index (χ3v) is 5.66. The zero-order valence-corrected chi connectivity index (χ0v) is 13.4. The van der Waals surface area contributed by atoms with E-state index in [1.807, 2.05) is 0 Å². The van der Waals surface area contributed by atoms with E-state index in [0.29, 0.717) is 18.0 Å². The van der Waals surface area contributed by atoms with Crippen LogP contribution in [0.4, 0.5) is 0 Å². The molecule has 4 atom stereocenters. The van der Waals surface area contributed by atoms with Gasteiger partial charge in [0, 0.05) is 12.1 Å². The second-order valence-electron chi connectivity index (χ2n) is 7.22. The van der Waals surface area contributed by atoms with Crippen LogP contribution in [0.3, 0.4) is 0 Å². The third-order valence-electron chi connectivity index (χ3n) is 5.66. The molecule has 2 fully saturated rings. The van der Waals surface area contributed by atoms with E-state index >= 15 is 0 Å². The molecule has 3 rings (SSSR count). The topological polar surface area (TPSA) is 29.3 Å². The maximum atomic E-state index is 6.49. The average molecular weight is 286 g/mol. The molecule has 0 spiro atoms. The van der Waals surface area contributed by atoms with Gasteiger partial charge in [-0.25, -0.2) is 0 Å². The average Bonchev–Trinajstić information content (AvgIpc) is 2.73. The summed E-state index contributed by atoms with van der Waals surface area (Å²) in [5, 5.41) is 0. The highest BCUT2D eigenvalue weighted by Gasteiger charge is 2.33. The molecular weight excluding hydrogens is 256 g/mol. The van der Waals surface area contributed by atoms with E-state index < -0.39 is 0 Å². The summed E-state index contributed by atoms with van der Waals surface area (Å²) in [7, 11) is 0. The van der Waals surface area contributed by atoms with E-state index in [9.17, 15) is 0 Å². The van der Waals surface area contributed by atoms with Gasteiger partial charge in [-0.05, 0) is 69.0 Å². The summed E-state index contributed by atoms with van der Waals surface area (Å²) < 4.78 is 0. The molecule has 2 aliphatic rings. The molecular formula is C19H30N2. The SMILES string of the molecule is CC1CCCN(C2CC(c3ccccc3)CCC2N)CC1. The van der Waals surface area contributed by atoms with Crippen molar-refractivity contribution in [3.8, 4) is 0 Å². The van der Waals surface area contributed by atoms with Gasteiger partial charge in [-0.1, -0.05) is 37.3 Å². The van der Waals surface area contributed by atoms with Crippen LogP contribution in [0.25, 0.3) is 0 Å². The first kappa shape index (κ1) is 15.1. The third kappa shape index (κ3) is 3.67. The van der Waals surface area contributed by atoms with E-state index in [2.05, 4.69) is 42.2 Å². The van der Waals surface area contributed by atoms with Gasteiger partial charge in [0.2, 0.25) is 0 Å². The molecule has 1 aromatic carbocycles. The molecule has 0 radical (unpaired) electrons. The van der Waals surface area contributed by atoms with Gasteiger partial charge in [0.05, 0.1) is 0 Å². The van der Waals surface area contributed by atoms with E-state index in [-0.39, 0.29) is 0 Å². The number of hydrogen-bond acceptors (Lipinski definition) is 2. The van der Waals surface area contributed by atoms with E-state index in [0.717, 1.165) is 5.92 Å². The highest BCUT2D eigenvalue weighted by molar-refractivity contribution is 5.21. The van der Waals surface area contributed by atoms with Crippen LogP contribution in [-0.4, -0.2) is 30.1 Å². The van der Waals surface area contributed by atoms with Gasteiger partial charge in [0.1, 0.15) is 0 Å². The largest absolute Gasteiger partial charge is 0.326 e. The summed E-state index contributed by atoms with van der Waals surface area (Å²) in [6.07, 6.45) is 7.77. The van der Waals surface area contributed by atoms with Crippen molar-refractivity contribution < 1.29 is 0 Å². The Balaban J connectivity index is 1.68. The summed E-state index contributed by atoms with van der Waals surface area (Å²) >= 11 is 0. The number of nitrogens with zero attached hydrogens (tertiary/aromatic N) is 1. The minimum Gasteiger partial charge on any atom is -0.326 e. The van der Waals surface area contributed by atoms with E-state index in [1.165, 1.54) is 57.2 Å². The molecule has 0 amide bonds. The van der Waals surface area contributed by atoms with Crippen LogP contribution in [0.15, 0.2) is 30.3 Å². The van der Waals surface area contributed by atoms with Crippen LogP contribution in [0.2, 0.25) is 0 Å². The number of hydrogen-bond donors (Lipinski definition) is 1. The number of likely N-dealkylation sites (tertiary alicyclic amines) is 1. The highest BCUT2D eigenvalue weighted by atomic mass is 15.2. The summed E-state index contributed by atoms with van der Waals surface area (Å²) in [4.78, 5) is 2.71. The summed E-state index contributed by atoms with van der Waals surface area (Å²) in [6.45, 7) is 4.91. The monoisotopic (exact) mass is 286 g/mol. The van der Waals surface area contributed by atoms with Crippen molar-refractivity contribution in [3.63, 3.8) is 0 Å². The quantitative estimate of drug-likeness (QED) is 0.896. The number of rotatable bonds is 2. The predicted molar refractivity (Wildman–Crippen MR) is 89.4 cm³/mol. The number of benzene rings is 1. The zero-order valence-electron chi connectivity index (χ0n) is 13.4. The highest BCUT2D eigenvalue weighted by Crippen LogP contribution is 2.35. The fraction of sp³-hybridized carbons (Fsp3) is 0.684. The minimum atomic E-state index is 0.373. The van der Waals surface area contributed by atoms with Crippen LogP contribution >= 0.6 is 0 Å². The smallest absolute Gasteiger partial charge is 0.0253 e. The Morgan fingerprint density at radius 1 is 1.00 bits per heavy atom. The Morgan fingerprint density at radius 3 is 2.62 bits per heavy atom. The molecule has 1 saturated heterocycles. The standard InChI is InChI=1S/C19H30N2/c1-15-6-5-12-21(13-11-15)19-14-17(9-10-18(19)20)16-7-3-2-4-8-16/h2-4,7-8,15,17-19H,5-6,9-14,20H2,1H3. The van der Waals surface area contributed by atoms with Crippen LogP contribution in [0.5, 0.6) is 0 Å². The van der Waals surface area contributed by atoms with Crippen molar-refractivity contribution in [3.05, 3.63) is 35.9 Å². The molecule has 116 valence electrons. The first-order chi connectivity index (χ1) is 10.2. The molecule has 1 saturated carbocycles. The second kappa shape index (κ2) is 6.93. The fourth-order valence-corrected chi connectivity index (χ4v) is 4.23. The molecule has 21 heavy (non-hydrogen) atoms. The Labute approximate surface area is 129 Å². The van der Waals surface area contributed by atoms with Gasteiger partial charge in [0.25, 0.3) is 0 Å². The maximum absolute atomic E-state index is 6.49. The zero-order chi connectivity index (χ0) is 14.7. The Bertz CT molecular complexity index is 430. The van der Waals surface area contributed by atoms with Crippen molar-refractivity contribution in [1.82, 2.24) is 4.90 Å². The van der Waals surface area contributed by atoms with Crippen molar-refractivity contribution in [2.24, 2.45) is 11.7 Å². The van der Waals surface area contributed by atoms with Crippen molar-refractivity contribution in [2.75, 3.05) is 13.1 Å². The van der Waals surface area contributed by atoms with Gasteiger partial charge >= 0.3 is 0 Å². The summed E-state index contributed by atoms with van der Waals surface area (Å²) in [6, 6.07) is 12.0. The molecule has 1 aliphatic carbocycles. The van der Waals surface area contributed by atoms with Crippen LogP contribution in [0.1, 0.15) is 56.9 Å². The number of nitrogens with two attached hydrogens (primary N) is 1. The molecule has 0 aromatic heterocycles. The predicted octanol–water partition coefficient (Wildman–Crippen LogP) is 3.77. The molecule has 4 unspecified atom stereocenters. The van der Waals surface area contributed by atoms with Gasteiger partial charge < -0.3 is 5.73 Å². The lowest BCUT2D eigenvalue weighted by Crippen LogP contribution is -2.51. The van der Waals surface area contributed by atoms with Crippen LogP contribution in [0, 0.1) is 5.92 Å².